The second-order valence-electron chi connectivity index (χ2n) is 6.58. The van der Waals surface area contributed by atoms with Gasteiger partial charge in [0.1, 0.15) is 36.8 Å². The molecule has 12 heteroatoms. The summed E-state index contributed by atoms with van der Waals surface area (Å²) in [7, 11) is 1.13. The minimum Gasteiger partial charge on any atom is -0.494 e. The molecule has 1 saturated heterocycles. The molecule has 0 saturated carbocycles. The molecule has 5 atom stereocenters. The van der Waals surface area contributed by atoms with Crippen LogP contribution in [0.1, 0.15) is 24.5 Å². The zero-order chi connectivity index (χ0) is 21.7. The smallest absolute Gasteiger partial charge is 0.494 e. The molecular weight excluding hydrogens is 400 g/mol. The molecule has 0 amide bonds. The maximum Gasteiger partial charge on any atom is 0.508 e. The lowest BCUT2D eigenvalue weighted by Crippen LogP contribution is -2.57. The summed E-state index contributed by atoms with van der Waals surface area (Å²) in [6.45, 7) is 2.08. The molecule has 0 aliphatic carbocycles. The predicted octanol–water partition coefficient (Wildman–Crippen LogP) is -0.574. The normalized spacial score (nSPS) is 26.2. The molecule has 0 unspecified atom stereocenters. The lowest BCUT2D eigenvalue weighted by Gasteiger charge is -2.39. The van der Waals surface area contributed by atoms with Crippen molar-refractivity contribution in [2.24, 2.45) is 0 Å². The molecular formula is C18H24N4O8. The van der Waals surface area contributed by atoms with E-state index in [1.165, 1.54) is 0 Å². The van der Waals surface area contributed by atoms with Gasteiger partial charge in [-0.2, -0.15) is 0 Å². The number of hydrogen-bond acceptors (Lipinski definition) is 11. The van der Waals surface area contributed by atoms with Crippen molar-refractivity contribution in [2.45, 2.75) is 44.0 Å². The first-order valence-corrected chi connectivity index (χ1v) is 9.33. The summed E-state index contributed by atoms with van der Waals surface area (Å²) in [4.78, 5) is 12.2. The van der Waals surface area contributed by atoms with Crippen molar-refractivity contribution in [2.75, 3.05) is 20.3 Å². The molecule has 1 aromatic carbocycles. The minimum atomic E-state index is -1.57. The van der Waals surface area contributed by atoms with Crippen LogP contribution in [0.5, 0.6) is 5.75 Å². The van der Waals surface area contributed by atoms with E-state index in [1.807, 2.05) is 31.2 Å². The number of aliphatic hydroxyl groups excluding tert-OH is 3. The van der Waals surface area contributed by atoms with Crippen LogP contribution in [0.2, 0.25) is 0 Å². The summed E-state index contributed by atoms with van der Waals surface area (Å²) in [5, 5.41) is 42.5. The Labute approximate surface area is 171 Å². The SMILES string of the molecule is CCOc1ccc(Cc2nnn([C@@H]3O[C@H](COC(=O)OC)[C@@H](O)[C@H](O)[C@H]3O)n2)cc1. The number of ether oxygens (including phenoxy) is 4. The zero-order valence-electron chi connectivity index (χ0n) is 16.5. The third-order valence-corrected chi connectivity index (χ3v) is 4.51. The Morgan fingerprint density at radius 2 is 1.90 bits per heavy atom. The molecule has 2 aromatic rings. The van der Waals surface area contributed by atoms with Gasteiger partial charge in [-0.1, -0.05) is 12.1 Å². The van der Waals surface area contributed by atoms with E-state index in [1.54, 1.807) is 0 Å². The fourth-order valence-corrected chi connectivity index (χ4v) is 2.96. The van der Waals surface area contributed by atoms with E-state index in [2.05, 4.69) is 20.1 Å². The van der Waals surface area contributed by atoms with Crippen LogP contribution >= 0.6 is 0 Å². The van der Waals surface area contributed by atoms with Gasteiger partial charge in [-0.15, -0.1) is 15.0 Å². The minimum absolute atomic E-state index is 0.359. The number of aromatic nitrogens is 4. The number of methoxy groups -OCH3 is 1. The highest BCUT2D eigenvalue weighted by Crippen LogP contribution is 2.27. The van der Waals surface area contributed by atoms with Gasteiger partial charge in [0.25, 0.3) is 0 Å². The van der Waals surface area contributed by atoms with Crippen LogP contribution in [0.25, 0.3) is 0 Å². The third-order valence-electron chi connectivity index (χ3n) is 4.51. The van der Waals surface area contributed by atoms with Crippen molar-refractivity contribution in [3.63, 3.8) is 0 Å². The second kappa shape index (κ2) is 9.80. The summed E-state index contributed by atoms with van der Waals surface area (Å²) in [5.74, 6) is 1.11. The number of benzene rings is 1. The Morgan fingerprint density at radius 1 is 1.17 bits per heavy atom. The zero-order valence-corrected chi connectivity index (χ0v) is 16.5. The summed E-state index contributed by atoms with van der Waals surface area (Å²) in [6, 6.07) is 7.41. The first-order chi connectivity index (χ1) is 14.4. The molecule has 0 bridgehead atoms. The van der Waals surface area contributed by atoms with Gasteiger partial charge in [-0.25, -0.2) is 4.79 Å². The topological polar surface area (TPSA) is 158 Å². The Bertz CT molecular complexity index is 830. The van der Waals surface area contributed by atoms with Gasteiger partial charge in [0.15, 0.2) is 12.1 Å². The Morgan fingerprint density at radius 3 is 2.57 bits per heavy atom. The highest BCUT2D eigenvalue weighted by molar-refractivity contribution is 5.59. The van der Waals surface area contributed by atoms with Crippen LogP contribution in [0.3, 0.4) is 0 Å². The van der Waals surface area contributed by atoms with Crippen LogP contribution in [0, 0.1) is 0 Å². The Hall–Kier alpha value is -2.80. The van der Waals surface area contributed by atoms with Gasteiger partial charge < -0.3 is 34.3 Å². The standard InChI is InChI=1S/C18H24N4O8/c1-3-28-11-6-4-10(5-7-11)8-13-19-21-22(20-13)17-16(25)15(24)14(23)12(30-17)9-29-18(26)27-2/h4-7,12,14-17,23-25H,3,8-9H2,1-2H3/t12-,14-,15+,16-,17-/m1/s1. The van der Waals surface area contributed by atoms with Gasteiger partial charge >= 0.3 is 6.16 Å². The van der Waals surface area contributed by atoms with Gasteiger partial charge in [0, 0.05) is 6.42 Å². The predicted molar refractivity (Wildman–Crippen MR) is 98.5 cm³/mol. The molecule has 1 aromatic heterocycles. The number of rotatable bonds is 7. The van der Waals surface area contributed by atoms with Gasteiger partial charge in [-0.05, 0) is 29.8 Å². The molecule has 30 heavy (non-hydrogen) atoms. The highest BCUT2D eigenvalue weighted by Gasteiger charge is 2.46. The summed E-state index contributed by atoms with van der Waals surface area (Å²) < 4.78 is 20.1. The fourth-order valence-electron chi connectivity index (χ4n) is 2.96. The number of carbonyl (C=O) groups excluding carboxylic acids is 1. The van der Waals surface area contributed by atoms with Gasteiger partial charge in [0.05, 0.1) is 13.7 Å². The van der Waals surface area contributed by atoms with Crippen molar-refractivity contribution in [3.05, 3.63) is 35.7 Å². The molecule has 0 radical (unpaired) electrons. The van der Waals surface area contributed by atoms with Crippen LogP contribution in [0.4, 0.5) is 4.79 Å². The summed E-state index contributed by atoms with van der Waals surface area (Å²) in [5.41, 5.74) is 0.919. The van der Waals surface area contributed by atoms with Crippen molar-refractivity contribution in [3.8, 4) is 5.75 Å². The maximum atomic E-state index is 11.2. The van der Waals surface area contributed by atoms with Crippen LogP contribution in [-0.2, 0) is 20.6 Å². The molecule has 3 rings (SSSR count). The number of tetrazole rings is 1. The average Bonchev–Trinajstić information content (AvgIpc) is 3.21. The van der Waals surface area contributed by atoms with Crippen molar-refractivity contribution in [1.82, 2.24) is 20.2 Å². The number of carbonyl (C=O) groups is 1. The lowest BCUT2D eigenvalue weighted by molar-refractivity contribution is -0.257. The van der Waals surface area contributed by atoms with E-state index in [-0.39, 0.29) is 0 Å². The first kappa shape index (κ1) is 21.9. The van der Waals surface area contributed by atoms with Gasteiger partial charge in [0.2, 0.25) is 0 Å². The largest absolute Gasteiger partial charge is 0.508 e. The molecule has 2 heterocycles. The number of nitrogens with zero attached hydrogens (tertiary/aromatic N) is 4. The summed E-state index contributed by atoms with van der Waals surface area (Å²) >= 11 is 0. The van der Waals surface area contributed by atoms with E-state index in [0.29, 0.717) is 18.9 Å². The van der Waals surface area contributed by atoms with Crippen LogP contribution < -0.4 is 4.74 Å². The Kier molecular flexibility index (Phi) is 7.15. The molecule has 3 N–H and O–H groups in total. The van der Waals surface area contributed by atoms with E-state index in [0.717, 1.165) is 23.2 Å². The molecule has 1 aliphatic heterocycles. The molecule has 164 valence electrons. The summed E-state index contributed by atoms with van der Waals surface area (Å²) in [6.07, 6.45) is -7.57. The average molecular weight is 424 g/mol. The lowest BCUT2D eigenvalue weighted by atomic mass is 9.98. The monoisotopic (exact) mass is 424 g/mol. The van der Waals surface area contributed by atoms with Crippen molar-refractivity contribution >= 4 is 6.16 Å². The van der Waals surface area contributed by atoms with E-state index < -0.39 is 43.4 Å². The third kappa shape index (κ3) is 5.02. The second-order valence-corrected chi connectivity index (χ2v) is 6.58. The highest BCUT2D eigenvalue weighted by atomic mass is 16.7. The quantitative estimate of drug-likeness (QED) is 0.488. The molecule has 1 fully saturated rings. The van der Waals surface area contributed by atoms with E-state index >= 15 is 0 Å². The maximum absolute atomic E-state index is 11.2. The molecule has 0 spiro atoms. The van der Waals surface area contributed by atoms with Gasteiger partial charge in [-0.3, -0.25) is 0 Å². The van der Waals surface area contributed by atoms with Crippen molar-refractivity contribution < 1.29 is 39.1 Å². The molecule has 12 nitrogen and oxygen atoms in total. The van der Waals surface area contributed by atoms with E-state index in [9.17, 15) is 20.1 Å². The first-order valence-electron chi connectivity index (χ1n) is 9.33. The number of aliphatic hydroxyl groups is 3. The van der Waals surface area contributed by atoms with Crippen LogP contribution in [0.15, 0.2) is 24.3 Å². The molecule has 1 aliphatic rings. The Balaban J connectivity index is 1.68. The van der Waals surface area contributed by atoms with Crippen LogP contribution in [-0.4, -0.2) is 86.4 Å². The van der Waals surface area contributed by atoms with E-state index in [4.69, 9.17) is 14.2 Å². The number of hydrogen-bond donors (Lipinski definition) is 3. The fraction of sp³-hybridized carbons (Fsp3) is 0.556. The van der Waals surface area contributed by atoms with Crippen molar-refractivity contribution in [1.29, 1.82) is 0 Å².